The second kappa shape index (κ2) is 8.58. The van der Waals surface area contributed by atoms with Gasteiger partial charge in [0.1, 0.15) is 5.82 Å². The molecule has 11 heteroatoms. The zero-order valence-electron chi connectivity index (χ0n) is 18.9. The minimum Gasteiger partial charge on any atom is -0.378 e. The van der Waals surface area contributed by atoms with Crippen molar-refractivity contribution in [3.8, 4) is 11.3 Å². The summed E-state index contributed by atoms with van der Waals surface area (Å²) in [5.74, 6) is 0.312. The van der Waals surface area contributed by atoms with E-state index in [0.717, 1.165) is 28.4 Å². The molecule has 3 aromatic heterocycles. The Morgan fingerprint density at radius 2 is 1.89 bits per heavy atom. The van der Waals surface area contributed by atoms with E-state index in [1.807, 2.05) is 6.20 Å². The predicted octanol–water partition coefficient (Wildman–Crippen LogP) is 1.94. The number of hydrogen-bond acceptors (Lipinski definition) is 8. The normalized spacial score (nSPS) is 15.9. The number of ether oxygens (including phenoxy) is 1. The van der Waals surface area contributed by atoms with Crippen LogP contribution < -0.4 is 10.6 Å². The number of nitrogens with zero attached hydrogens (tertiary/aromatic N) is 7. The minimum atomic E-state index is -0.429. The lowest BCUT2D eigenvalue weighted by atomic mass is 10.1. The summed E-state index contributed by atoms with van der Waals surface area (Å²) in [6.07, 6.45) is 5.86. The van der Waals surface area contributed by atoms with E-state index in [9.17, 15) is 9.18 Å². The van der Waals surface area contributed by atoms with Crippen molar-refractivity contribution in [2.24, 2.45) is 0 Å². The number of hydrogen-bond donors (Lipinski definition) is 1. The number of anilines is 2. The van der Waals surface area contributed by atoms with Crippen LogP contribution in [0.15, 0.2) is 42.9 Å². The van der Waals surface area contributed by atoms with Crippen LogP contribution in [-0.2, 0) is 17.7 Å². The van der Waals surface area contributed by atoms with E-state index in [1.54, 1.807) is 29.4 Å². The van der Waals surface area contributed by atoms with Crippen LogP contribution in [0.1, 0.15) is 21.7 Å². The minimum absolute atomic E-state index is 0.200. The highest BCUT2D eigenvalue weighted by Gasteiger charge is 2.28. The lowest BCUT2D eigenvalue weighted by molar-refractivity contribution is 0.0731. The van der Waals surface area contributed by atoms with Crippen molar-refractivity contribution < 1.29 is 13.9 Å². The lowest BCUT2D eigenvalue weighted by Gasteiger charge is -2.28. The van der Waals surface area contributed by atoms with Gasteiger partial charge in [-0.15, -0.1) is 0 Å². The van der Waals surface area contributed by atoms with Gasteiger partial charge in [-0.05, 0) is 18.2 Å². The molecule has 0 saturated carbocycles. The molecule has 0 spiro atoms. The maximum absolute atomic E-state index is 13.7. The molecule has 35 heavy (non-hydrogen) atoms. The zero-order valence-corrected chi connectivity index (χ0v) is 18.9. The van der Waals surface area contributed by atoms with Gasteiger partial charge in [-0.2, -0.15) is 0 Å². The molecular weight excluding hydrogens is 451 g/mol. The summed E-state index contributed by atoms with van der Waals surface area (Å²) in [6.45, 7) is 3.47. The number of benzene rings is 1. The number of morpholine rings is 1. The van der Waals surface area contributed by atoms with Gasteiger partial charge in [-0.3, -0.25) is 9.20 Å². The predicted molar refractivity (Wildman–Crippen MR) is 126 cm³/mol. The number of halogens is 1. The Morgan fingerprint density at radius 1 is 1.09 bits per heavy atom. The zero-order chi connectivity index (χ0) is 23.9. The summed E-state index contributed by atoms with van der Waals surface area (Å²) in [7, 11) is 0. The summed E-state index contributed by atoms with van der Waals surface area (Å²) >= 11 is 0. The SMILES string of the molecule is Nc1ncc(-c2cn3c4c(nc3c(N3CCOCC3)n2)CN(C(=O)c2cccc(F)c2)CC4)cn1. The van der Waals surface area contributed by atoms with Gasteiger partial charge in [-0.1, -0.05) is 6.07 Å². The van der Waals surface area contributed by atoms with Gasteiger partial charge >= 0.3 is 0 Å². The number of nitrogens with two attached hydrogens (primary N) is 1. The van der Waals surface area contributed by atoms with Crippen LogP contribution in [0.25, 0.3) is 16.9 Å². The number of fused-ring (bicyclic) bond motifs is 3. The second-order valence-corrected chi connectivity index (χ2v) is 8.56. The smallest absolute Gasteiger partial charge is 0.254 e. The standard InChI is InChI=1S/C24H23FN8O2/c25-17-3-1-2-15(10-17)23(34)32-5-4-20-19(13-32)30-22-21(31-6-8-35-9-7-31)29-18(14-33(20)22)16-11-27-24(26)28-12-16/h1-3,10-12,14H,4-9,13H2,(H2,26,27,28). The molecule has 0 radical (unpaired) electrons. The van der Waals surface area contributed by atoms with Crippen LogP contribution in [0.5, 0.6) is 0 Å². The molecule has 5 heterocycles. The van der Waals surface area contributed by atoms with E-state index in [2.05, 4.69) is 19.3 Å². The molecule has 6 rings (SSSR count). The van der Waals surface area contributed by atoms with Crippen molar-refractivity contribution in [2.75, 3.05) is 43.5 Å². The van der Waals surface area contributed by atoms with Gasteiger partial charge in [0, 0.05) is 61.5 Å². The van der Waals surface area contributed by atoms with E-state index in [4.69, 9.17) is 20.4 Å². The number of amides is 1. The molecule has 0 aliphatic carbocycles. The highest BCUT2D eigenvalue weighted by atomic mass is 19.1. The van der Waals surface area contributed by atoms with E-state index >= 15 is 0 Å². The topological polar surface area (TPSA) is 115 Å². The Kier molecular flexibility index (Phi) is 5.25. The third-order valence-corrected chi connectivity index (χ3v) is 6.37. The summed E-state index contributed by atoms with van der Waals surface area (Å²) < 4.78 is 21.3. The highest BCUT2D eigenvalue weighted by Crippen LogP contribution is 2.30. The number of rotatable bonds is 3. The van der Waals surface area contributed by atoms with Crippen LogP contribution in [0.3, 0.4) is 0 Å². The van der Waals surface area contributed by atoms with Crippen molar-refractivity contribution >= 4 is 23.3 Å². The van der Waals surface area contributed by atoms with Crippen molar-refractivity contribution in [3.63, 3.8) is 0 Å². The fraction of sp³-hybridized carbons (Fsp3) is 0.292. The second-order valence-electron chi connectivity index (χ2n) is 8.56. The Labute approximate surface area is 200 Å². The molecule has 0 atom stereocenters. The van der Waals surface area contributed by atoms with Gasteiger partial charge in [-0.25, -0.2) is 24.3 Å². The number of imidazole rings is 1. The van der Waals surface area contributed by atoms with Crippen molar-refractivity contribution in [1.82, 2.24) is 29.2 Å². The summed E-state index contributed by atoms with van der Waals surface area (Å²) in [5, 5.41) is 0. The molecule has 4 aromatic rings. The Bertz CT molecular complexity index is 1420. The fourth-order valence-corrected chi connectivity index (χ4v) is 4.59. The van der Waals surface area contributed by atoms with Crippen LogP contribution in [0.4, 0.5) is 16.2 Å². The van der Waals surface area contributed by atoms with Crippen LogP contribution in [0.2, 0.25) is 0 Å². The number of aromatic nitrogens is 5. The van der Waals surface area contributed by atoms with Crippen molar-refractivity contribution in [1.29, 1.82) is 0 Å². The Balaban J connectivity index is 1.42. The summed E-state index contributed by atoms with van der Waals surface area (Å²) in [4.78, 5) is 35.0. The highest BCUT2D eigenvalue weighted by molar-refractivity contribution is 5.94. The molecule has 10 nitrogen and oxygen atoms in total. The number of carbonyl (C=O) groups excluding carboxylic acids is 1. The first kappa shape index (κ1) is 21.4. The largest absolute Gasteiger partial charge is 0.378 e. The van der Waals surface area contributed by atoms with Crippen molar-refractivity contribution in [3.05, 3.63) is 65.6 Å². The van der Waals surface area contributed by atoms with Crippen LogP contribution >= 0.6 is 0 Å². The Hall–Kier alpha value is -4.12. The third kappa shape index (κ3) is 3.93. The molecule has 1 aromatic carbocycles. The number of nitrogen functional groups attached to an aromatic ring is 1. The monoisotopic (exact) mass is 474 g/mol. The van der Waals surface area contributed by atoms with E-state index in [0.29, 0.717) is 57.1 Å². The average Bonchev–Trinajstić information content (AvgIpc) is 3.26. The molecule has 2 aliphatic heterocycles. The Morgan fingerprint density at radius 3 is 2.66 bits per heavy atom. The molecule has 178 valence electrons. The van der Waals surface area contributed by atoms with E-state index in [-0.39, 0.29) is 11.9 Å². The number of carbonyl (C=O) groups is 1. The quantitative estimate of drug-likeness (QED) is 0.479. The molecule has 2 N–H and O–H groups in total. The maximum Gasteiger partial charge on any atom is 0.254 e. The van der Waals surface area contributed by atoms with E-state index < -0.39 is 5.82 Å². The maximum atomic E-state index is 13.7. The fourth-order valence-electron chi connectivity index (χ4n) is 4.59. The van der Waals surface area contributed by atoms with Gasteiger partial charge in [0.2, 0.25) is 5.95 Å². The van der Waals surface area contributed by atoms with Crippen molar-refractivity contribution in [2.45, 2.75) is 13.0 Å². The molecule has 2 aliphatic rings. The molecule has 1 fully saturated rings. The molecular formula is C24H23FN8O2. The molecule has 0 bridgehead atoms. The van der Waals surface area contributed by atoms with Crippen LogP contribution in [-0.4, -0.2) is 68.0 Å². The van der Waals surface area contributed by atoms with Gasteiger partial charge in [0.25, 0.3) is 5.91 Å². The van der Waals surface area contributed by atoms with Gasteiger partial charge in [0.15, 0.2) is 11.5 Å². The molecule has 0 unspecified atom stereocenters. The average molecular weight is 475 g/mol. The van der Waals surface area contributed by atoms with Gasteiger partial charge in [0.05, 0.1) is 31.1 Å². The lowest BCUT2D eigenvalue weighted by Crippen LogP contribution is -2.37. The first-order valence-electron chi connectivity index (χ1n) is 11.4. The summed E-state index contributed by atoms with van der Waals surface area (Å²) in [5.41, 5.74) is 10.0. The van der Waals surface area contributed by atoms with Crippen LogP contribution in [0, 0.1) is 5.82 Å². The summed E-state index contributed by atoms with van der Waals surface area (Å²) in [6, 6.07) is 5.78. The molecule has 1 saturated heterocycles. The van der Waals surface area contributed by atoms with E-state index in [1.165, 1.54) is 12.1 Å². The third-order valence-electron chi connectivity index (χ3n) is 6.37. The first-order chi connectivity index (χ1) is 17.1. The first-order valence-corrected chi connectivity index (χ1v) is 11.4. The van der Waals surface area contributed by atoms with Gasteiger partial charge < -0.3 is 20.3 Å². The molecule has 1 amide bonds.